The fraction of sp³-hybridized carbons (Fsp3) is 0.448. The van der Waals surface area contributed by atoms with Crippen LogP contribution in [0, 0.1) is 11.8 Å². The van der Waals surface area contributed by atoms with E-state index in [-0.39, 0.29) is 30.9 Å². The number of nitrogens with zero attached hydrogens (tertiary/aromatic N) is 1. The third-order valence-electron chi connectivity index (χ3n) is 6.19. The highest BCUT2D eigenvalue weighted by molar-refractivity contribution is 5.98. The Hall–Kier alpha value is -4.32. The molecule has 1 aromatic carbocycles. The number of rotatable bonds is 10. The average molecular weight is 571 g/mol. The molecule has 2 aromatic rings. The molecule has 41 heavy (non-hydrogen) atoms. The molecule has 3 rings (SSSR count). The van der Waals surface area contributed by atoms with E-state index in [1.54, 1.807) is 26.0 Å². The predicted molar refractivity (Wildman–Crippen MR) is 142 cm³/mol. The van der Waals surface area contributed by atoms with Crippen molar-refractivity contribution in [3.63, 3.8) is 0 Å². The zero-order valence-corrected chi connectivity index (χ0v) is 23.4. The van der Waals surface area contributed by atoms with Crippen LogP contribution in [-0.4, -0.2) is 73.3 Å². The molecule has 1 aliphatic heterocycles. The number of ether oxygens (including phenoxy) is 5. The van der Waals surface area contributed by atoms with Crippen molar-refractivity contribution in [2.24, 2.45) is 11.8 Å². The van der Waals surface area contributed by atoms with Crippen molar-refractivity contribution in [3.05, 3.63) is 59.9 Å². The van der Waals surface area contributed by atoms with Gasteiger partial charge in [-0.2, -0.15) is 0 Å². The van der Waals surface area contributed by atoms with Gasteiger partial charge < -0.3 is 29.0 Å². The number of pyridine rings is 1. The Labute approximate surface area is 237 Å². The van der Waals surface area contributed by atoms with E-state index in [1.165, 1.54) is 32.4 Å². The third-order valence-corrected chi connectivity index (χ3v) is 6.19. The molecule has 1 aliphatic rings. The first-order valence-corrected chi connectivity index (χ1v) is 13.2. The van der Waals surface area contributed by atoms with Crippen LogP contribution in [0.3, 0.4) is 0 Å². The van der Waals surface area contributed by atoms with Gasteiger partial charge in [0.15, 0.2) is 23.6 Å². The van der Waals surface area contributed by atoms with Gasteiger partial charge in [0.05, 0.1) is 18.9 Å². The first kappa shape index (κ1) is 31.2. The maximum Gasteiger partial charge on any atom is 0.332 e. The fourth-order valence-corrected chi connectivity index (χ4v) is 3.98. The van der Waals surface area contributed by atoms with Crippen LogP contribution in [0.15, 0.2) is 48.7 Å². The maximum absolute atomic E-state index is 13.3. The lowest BCUT2D eigenvalue weighted by molar-refractivity contribution is -0.176. The summed E-state index contributed by atoms with van der Waals surface area (Å²) in [5.74, 6) is -5.36. The zero-order valence-electron chi connectivity index (χ0n) is 23.4. The van der Waals surface area contributed by atoms with E-state index in [1.807, 2.05) is 18.2 Å². The number of esters is 4. The molecule has 2 unspecified atom stereocenters. The molecule has 1 saturated heterocycles. The van der Waals surface area contributed by atoms with Crippen molar-refractivity contribution in [2.75, 3.05) is 20.3 Å². The normalized spacial score (nSPS) is 21.0. The van der Waals surface area contributed by atoms with Crippen LogP contribution in [0.2, 0.25) is 0 Å². The number of hydrogen-bond donors (Lipinski definition) is 1. The van der Waals surface area contributed by atoms with Crippen molar-refractivity contribution in [3.8, 4) is 5.75 Å². The number of nitrogens with one attached hydrogen (secondary N) is 1. The highest BCUT2D eigenvalue weighted by atomic mass is 16.6. The Kier molecular flexibility index (Phi) is 11.3. The fourth-order valence-electron chi connectivity index (χ4n) is 3.98. The van der Waals surface area contributed by atoms with E-state index in [0.29, 0.717) is 0 Å². The summed E-state index contributed by atoms with van der Waals surface area (Å²) in [4.78, 5) is 68.1. The van der Waals surface area contributed by atoms with Gasteiger partial charge in [0.25, 0.3) is 5.91 Å². The predicted octanol–water partition coefficient (Wildman–Crippen LogP) is 2.04. The second-order valence-corrected chi connectivity index (χ2v) is 9.72. The van der Waals surface area contributed by atoms with Gasteiger partial charge in [0.1, 0.15) is 18.6 Å². The van der Waals surface area contributed by atoms with Gasteiger partial charge in [-0.3, -0.25) is 19.2 Å². The van der Waals surface area contributed by atoms with Crippen LogP contribution in [0.25, 0.3) is 0 Å². The summed E-state index contributed by atoms with van der Waals surface area (Å²) in [6.45, 7) is 4.36. The molecule has 12 nitrogen and oxygen atoms in total. The third kappa shape index (κ3) is 8.84. The standard InChI is InChI=1S/C29H34N2O10/c1-17(2)27(34)41-25-18(3)39-29(36)21(16-38-28(35)20(25)15-19-9-6-5-7-10-19)31-26(33)24-22(11-8-13-30-24)40-23(32)12-14-37-4/h5-11,13,17-18,20-21,25H,12,14-16H2,1-4H3,(H,31,33)/t18?,20-,21+,25?/m1/s1. The molecular formula is C29H34N2O10. The highest BCUT2D eigenvalue weighted by Gasteiger charge is 2.42. The summed E-state index contributed by atoms with van der Waals surface area (Å²) in [6, 6.07) is 10.5. The monoisotopic (exact) mass is 570 g/mol. The first-order valence-electron chi connectivity index (χ1n) is 13.2. The molecule has 0 radical (unpaired) electrons. The van der Waals surface area contributed by atoms with E-state index < -0.39 is 66.5 Å². The van der Waals surface area contributed by atoms with E-state index in [0.717, 1.165) is 5.56 Å². The lowest BCUT2D eigenvalue weighted by Gasteiger charge is -2.29. The summed E-state index contributed by atoms with van der Waals surface area (Å²) in [5, 5.41) is 2.44. The number of hydrogen-bond acceptors (Lipinski definition) is 11. The largest absolute Gasteiger partial charge is 0.463 e. The Morgan fingerprint density at radius 2 is 1.80 bits per heavy atom. The van der Waals surface area contributed by atoms with Gasteiger partial charge in [-0.1, -0.05) is 44.2 Å². The van der Waals surface area contributed by atoms with Crippen LogP contribution in [-0.2, 0) is 44.5 Å². The van der Waals surface area contributed by atoms with Crippen molar-refractivity contribution < 1.29 is 47.7 Å². The van der Waals surface area contributed by atoms with E-state index in [2.05, 4.69) is 10.3 Å². The molecule has 0 bridgehead atoms. The van der Waals surface area contributed by atoms with Gasteiger partial charge >= 0.3 is 23.9 Å². The van der Waals surface area contributed by atoms with Gasteiger partial charge in [0.2, 0.25) is 0 Å². The van der Waals surface area contributed by atoms with Gasteiger partial charge in [-0.25, -0.2) is 9.78 Å². The smallest absolute Gasteiger partial charge is 0.332 e. The highest BCUT2D eigenvalue weighted by Crippen LogP contribution is 2.25. The second kappa shape index (κ2) is 14.9. The molecule has 4 atom stereocenters. The summed E-state index contributed by atoms with van der Waals surface area (Å²) >= 11 is 0. The van der Waals surface area contributed by atoms with Crippen LogP contribution < -0.4 is 10.1 Å². The lowest BCUT2D eigenvalue weighted by Crippen LogP contribution is -2.47. The molecule has 1 N–H and O–H groups in total. The minimum Gasteiger partial charge on any atom is -0.463 e. The molecule has 12 heteroatoms. The van der Waals surface area contributed by atoms with Crippen LogP contribution in [0.5, 0.6) is 5.75 Å². The molecule has 1 fully saturated rings. The summed E-state index contributed by atoms with van der Waals surface area (Å²) in [7, 11) is 1.43. The SMILES string of the molecule is COCCC(=O)Oc1cccnc1C(=O)N[C@H]1COC(=O)[C@H](Cc2ccccc2)C(OC(=O)C(C)C)C(C)OC1=O. The Bertz CT molecular complexity index is 1230. The first-order chi connectivity index (χ1) is 19.6. The summed E-state index contributed by atoms with van der Waals surface area (Å²) < 4.78 is 26.8. The Morgan fingerprint density at radius 3 is 2.49 bits per heavy atom. The molecular weight excluding hydrogens is 536 g/mol. The minimum absolute atomic E-state index is 0.0536. The molecule has 1 amide bonds. The number of benzene rings is 1. The van der Waals surface area contributed by atoms with Crippen molar-refractivity contribution in [1.82, 2.24) is 10.3 Å². The molecule has 0 spiro atoms. The van der Waals surface area contributed by atoms with E-state index in [9.17, 15) is 24.0 Å². The van der Waals surface area contributed by atoms with Crippen LogP contribution >= 0.6 is 0 Å². The number of carbonyl (C=O) groups excluding carboxylic acids is 5. The number of aromatic nitrogens is 1. The quantitative estimate of drug-likeness (QED) is 0.329. The number of carbonyl (C=O) groups is 5. The number of cyclic esters (lactones) is 2. The van der Waals surface area contributed by atoms with Gasteiger partial charge in [0, 0.05) is 13.3 Å². The second-order valence-electron chi connectivity index (χ2n) is 9.72. The molecule has 2 heterocycles. The number of amides is 1. The van der Waals surface area contributed by atoms with E-state index in [4.69, 9.17) is 23.7 Å². The summed E-state index contributed by atoms with van der Waals surface area (Å²) in [5.41, 5.74) is 0.515. The van der Waals surface area contributed by atoms with Crippen LogP contribution in [0.1, 0.15) is 43.2 Å². The number of methoxy groups -OCH3 is 1. The molecule has 0 aliphatic carbocycles. The average Bonchev–Trinajstić information content (AvgIpc) is 2.98. The molecule has 220 valence electrons. The van der Waals surface area contributed by atoms with Crippen LogP contribution in [0.4, 0.5) is 0 Å². The van der Waals surface area contributed by atoms with Crippen molar-refractivity contribution in [1.29, 1.82) is 0 Å². The lowest BCUT2D eigenvalue weighted by atomic mass is 9.91. The van der Waals surface area contributed by atoms with Crippen molar-refractivity contribution in [2.45, 2.75) is 51.9 Å². The molecule has 0 saturated carbocycles. The zero-order chi connectivity index (χ0) is 29.9. The Morgan fingerprint density at radius 1 is 1.07 bits per heavy atom. The minimum atomic E-state index is -1.43. The van der Waals surface area contributed by atoms with Gasteiger partial charge in [-0.15, -0.1) is 0 Å². The van der Waals surface area contributed by atoms with Crippen molar-refractivity contribution >= 4 is 29.8 Å². The topological polar surface area (TPSA) is 156 Å². The maximum atomic E-state index is 13.3. The summed E-state index contributed by atoms with van der Waals surface area (Å²) in [6.07, 6.45) is -0.796. The Balaban J connectivity index is 1.83. The molecule has 1 aromatic heterocycles. The van der Waals surface area contributed by atoms with E-state index >= 15 is 0 Å². The van der Waals surface area contributed by atoms with Gasteiger partial charge in [-0.05, 0) is 31.0 Å².